The van der Waals surface area contributed by atoms with Crippen molar-refractivity contribution in [2.24, 2.45) is 11.8 Å². The van der Waals surface area contributed by atoms with E-state index in [1.165, 1.54) is 33.0 Å². The Balaban J connectivity index is 1.78. The molecule has 3 heterocycles. The summed E-state index contributed by atoms with van der Waals surface area (Å²) >= 11 is 0. The highest BCUT2D eigenvalue weighted by molar-refractivity contribution is 5.68. The number of carbonyl (C=O) groups is 3. The van der Waals surface area contributed by atoms with Gasteiger partial charge in [0.05, 0.1) is 6.10 Å². The van der Waals surface area contributed by atoms with Crippen LogP contribution in [-0.4, -0.2) is 51.9 Å². The van der Waals surface area contributed by atoms with Gasteiger partial charge in [-0.2, -0.15) is 0 Å². The zero-order chi connectivity index (χ0) is 27.8. The van der Waals surface area contributed by atoms with Crippen LogP contribution in [-0.2, 0) is 28.6 Å². The van der Waals surface area contributed by atoms with E-state index in [2.05, 4.69) is 4.98 Å². The summed E-state index contributed by atoms with van der Waals surface area (Å²) in [6, 6.07) is 4.92. The summed E-state index contributed by atoms with van der Waals surface area (Å²) in [5.41, 5.74) is -2.83. The number of aromatic nitrogens is 1. The first-order chi connectivity index (χ1) is 17.8. The molecule has 1 fully saturated rings. The predicted octanol–water partition coefficient (Wildman–Crippen LogP) is 2.73. The number of hydrogen-bond donors (Lipinski definition) is 1. The molecule has 1 saturated carbocycles. The van der Waals surface area contributed by atoms with Crippen molar-refractivity contribution in [1.82, 2.24) is 4.98 Å². The molecule has 2 aromatic heterocycles. The molecular weight excluding hydrogens is 498 g/mol. The molecule has 11 heteroatoms. The van der Waals surface area contributed by atoms with Gasteiger partial charge in [-0.05, 0) is 38.8 Å². The van der Waals surface area contributed by atoms with Crippen molar-refractivity contribution in [3.63, 3.8) is 0 Å². The Labute approximate surface area is 219 Å². The number of nitrogens with zero attached hydrogens (tertiary/aromatic N) is 1. The highest BCUT2D eigenvalue weighted by Crippen LogP contribution is 2.54. The molecule has 6 atom stereocenters. The van der Waals surface area contributed by atoms with Crippen molar-refractivity contribution in [2.45, 2.75) is 70.9 Å². The number of aliphatic hydroxyl groups excluding tert-OH is 1. The standard InChI is InChI=1S/C27H31NO10/c1-14(29)34-13-26(4,37-16(3)31)18-9-19-24(32)23-21(38-27(19,5)22(10-18)35-15(2)30)11-20(36-25(23)33)17-7-6-8-28-12-17/h6-8,11-12,18-19,22,24,32H,9-10,13H2,1-5H3/t18-,19-,22-,24-,26+,27-/m0/s1. The molecular formula is C27H31NO10. The molecule has 1 N–H and O–H groups in total. The van der Waals surface area contributed by atoms with E-state index in [4.69, 9.17) is 23.4 Å². The van der Waals surface area contributed by atoms with Gasteiger partial charge in [0, 0.05) is 56.6 Å². The second kappa shape index (κ2) is 10.2. The first-order valence-corrected chi connectivity index (χ1v) is 12.3. The first-order valence-electron chi connectivity index (χ1n) is 12.3. The zero-order valence-corrected chi connectivity index (χ0v) is 21.9. The number of aliphatic hydroxyl groups is 1. The van der Waals surface area contributed by atoms with Gasteiger partial charge in [0.25, 0.3) is 0 Å². The monoisotopic (exact) mass is 529 g/mol. The summed E-state index contributed by atoms with van der Waals surface area (Å²) in [6.07, 6.45) is 1.24. The first kappa shape index (κ1) is 27.3. The zero-order valence-electron chi connectivity index (χ0n) is 21.9. The summed E-state index contributed by atoms with van der Waals surface area (Å²) in [5, 5.41) is 11.5. The minimum absolute atomic E-state index is 0.0588. The van der Waals surface area contributed by atoms with E-state index in [0.717, 1.165) is 0 Å². The summed E-state index contributed by atoms with van der Waals surface area (Å²) in [5.74, 6) is -2.70. The molecule has 204 valence electrons. The van der Waals surface area contributed by atoms with Crippen LogP contribution in [0.3, 0.4) is 0 Å². The summed E-state index contributed by atoms with van der Waals surface area (Å²) in [6.45, 7) is 6.82. The summed E-state index contributed by atoms with van der Waals surface area (Å²) in [7, 11) is 0. The molecule has 4 rings (SSSR count). The lowest BCUT2D eigenvalue weighted by molar-refractivity contribution is -0.215. The number of rotatable bonds is 6. The van der Waals surface area contributed by atoms with E-state index < -0.39 is 58.8 Å². The number of fused-ring (bicyclic) bond motifs is 2. The predicted molar refractivity (Wildman–Crippen MR) is 131 cm³/mol. The van der Waals surface area contributed by atoms with Gasteiger partial charge in [-0.15, -0.1) is 0 Å². The Bertz CT molecular complexity index is 1290. The number of hydrogen-bond acceptors (Lipinski definition) is 11. The lowest BCUT2D eigenvalue weighted by Crippen LogP contribution is -2.63. The van der Waals surface area contributed by atoms with Crippen LogP contribution in [0.25, 0.3) is 11.3 Å². The minimum Gasteiger partial charge on any atom is -0.482 e. The average molecular weight is 530 g/mol. The lowest BCUT2D eigenvalue weighted by atomic mass is 9.62. The third-order valence-electron chi connectivity index (χ3n) is 7.43. The van der Waals surface area contributed by atoms with Gasteiger partial charge >= 0.3 is 23.5 Å². The molecule has 1 aliphatic carbocycles. The third-order valence-corrected chi connectivity index (χ3v) is 7.43. The fourth-order valence-corrected chi connectivity index (χ4v) is 5.54. The Hall–Kier alpha value is -3.73. The van der Waals surface area contributed by atoms with Gasteiger partial charge in [0.2, 0.25) is 0 Å². The van der Waals surface area contributed by atoms with E-state index in [1.54, 1.807) is 32.2 Å². The van der Waals surface area contributed by atoms with Crippen molar-refractivity contribution < 1.29 is 42.9 Å². The Morgan fingerprint density at radius 2 is 1.92 bits per heavy atom. The molecule has 0 radical (unpaired) electrons. The maximum Gasteiger partial charge on any atom is 0.345 e. The maximum atomic E-state index is 13.1. The second-order valence-corrected chi connectivity index (χ2v) is 10.2. The van der Waals surface area contributed by atoms with Crippen LogP contribution >= 0.6 is 0 Å². The van der Waals surface area contributed by atoms with Gasteiger partial charge < -0.3 is 28.5 Å². The fraction of sp³-hybridized carbons (Fsp3) is 0.519. The van der Waals surface area contributed by atoms with Crippen LogP contribution in [0.5, 0.6) is 5.75 Å². The van der Waals surface area contributed by atoms with E-state index >= 15 is 0 Å². The van der Waals surface area contributed by atoms with Crippen LogP contribution in [0, 0.1) is 11.8 Å². The molecule has 0 unspecified atom stereocenters. The maximum absolute atomic E-state index is 13.1. The van der Waals surface area contributed by atoms with Crippen LogP contribution in [0.1, 0.15) is 59.1 Å². The number of carbonyl (C=O) groups excluding carboxylic acids is 3. The van der Waals surface area contributed by atoms with Crippen LogP contribution in [0.15, 0.2) is 39.8 Å². The minimum atomic E-state index is -1.35. The van der Waals surface area contributed by atoms with Crippen LogP contribution in [0.4, 0.5) is 0 Å². The van der Waals surface area contributed by atoms with Gasteiger partial charge in [-0.3, -0.25) is 19.4 Å². The average Bonchev–Trinajstić information content (AvgIpc) is 2.83. The Morgan fingerprint density at radius 1 is 1.18 bits per heavy atom. The SMILES string of the molecule is CC(=O)OC[C@@](C)(OC(C)=O)[C@@H]1C[C@H](OC(C)=O)[C@@]2(C)Oc3cc(-c4cccnc4)oc(=O)c3[C@@H](O)[C@@H]2C1. The molecule has 38 heavy (non-hydrogen) atoms. The van der Waals surface area contributed by atoms with Crippen molar-refractivity contribution in [3.8, 4) is 17.1 Å². The molecule has 0 bridgehead atoms. The smallest absolute Gasteiger partial charge is 0.345 e. The summed E-state index contributed by atoms with van der Waals surface area (Å²) in [4.78, 5) is 52.8. The molecule has 11 nitrogen and oxygen atoms in total. The van der Waals surface area contributed by atoms with E-state index in [9.17, 15) is 24.3 Å². The number of ether oxygens (including phenoxy) is 4. The van der Waals surface area contributed by atoms with Crippen LogP contribution in [0.2, 0.25) is 0 Å². The third kappa shape index (κ3) is 5.15. The highest BCUT2D eigenvalue weighted by Gasteiger charge is 2.60. The van der Waals surface area contributed by atoms with Crippen molar-refractivity contribution in [1.29, 1.82) is 0 Å². The van der Waals surface area contributed by atoms with Crippen molar-refractivity contribution in [3.05, 3.63) is 46.6 Å². The Kier molecular flexibility index (Phi) is 7.33. The molecule has 0 amide bonds. The lowest BCUT2D eigenvalue weighted by Gasteiger charge is -2.54. The molecule has 0 saturated heterocycles. The van der Waals surface area contributed by atoms with E-state index in [-0.39, 0.29) is 36.5 Å². The highest BCUT2D eigenvalue weighted by atomic mass is 16.6. The summed E-state index contributed by atoms with van der Waals surface area (Å²) < 4.78 is 28.4. The van der Waals surface area contributed by atoms with E-state index in [0.29, 0.717) is 5.56 Å². The fourth-order valence-electron chi connectivity index (χ4n) is 5.54. The molecule has 0 spiro atoms. The molecule has 0 aromatic carbocycles. The van der Waals surface area contributed by atoms with Gasteiger partial charge in [0.15, 0.2) is 0 Å². The van der Waals surface area contributed by atoms with E-state index in [1.807, 2.05) is 0 Å². The van der Waals surface area contributed by atoms with Gasteiger partial charge in [0.1, 0.15) is 41.0 Å². The largest absolute Gasteiger partial charge is 0.482 e. The normalized spacial score (nSPS) is 27.5. The molecule has 1 aliphatic heterocycles. The topological polar surface area (TPSA) is 151 Å². The quantitative estimate of drug-likeness (QED) is 0.434. The van der Waals surface area contributed by atoms with Crippen molar-refractivity contribution >= 4 is 17.9 Å². The van der Waals surface area contributed by atoms with Crippen molar-refractivity contribution in [2.75, 3.05) is 6.61 Å². The Morgan fingerprint density at radius 3 is 2.53 bits per heavy atom. The number of pyridine rings is 1. The molecule has 2 aliphatic rings. The van der Waals surface area contributed by atoms with Crippen LogP contribution < -0.4 is 10.4 Å². The van der Waals surface area contributed by atoms with Gasteiger partial charge in [-0.25, -0.2) is 4.79 Å². The number of esters is 3. The van der Waals surface area contributed by atoms with Gasteiger partial charge in [-0.1, -0.05) is 0 Å². The molecule has 2 aromatic rings. The second-order valence-electron chi connectivity index (χ2n) is 10.2.